The van der Waals surface area contributed by atoms with Crippen molar-refractivity contribution in [1.29, 1.82) is 0 Å². The molecule has 3 nitrogen and oxygen atoms in total. The summed E-state index contributed by atoms with van der Waals surface area (Å²) in [6, 6.07) is 6.00. The molecular weight excluding hydrogens is 236 g/mol. The number of rotatable bonds is 2. The van der Waals surface area contributed by atoms with E-state index in [1.54, 1.807) is 12.4 Å². The molecule has 0 fully saturated rings. The van der Waals surface area contributed by atoms with E-state index in [4.69, 9.17) is 0 Å². The van der Waals surface area contributed by atoms with Gasteiger partial charge in [-0.25, -0.2) is 0 Å². The maximum Gasteiger partial charge on any atom is 0.165 e. The minimum Gasteiger partial charge on any atom is -0.346 e. The first kappa shape index (κ1) is 12.2. The molecule has 0 aromatic carbocycles. The summed E-state index contributed by atoms with van der Waals surface area (Å²) in [6.45, 7) is 5.14. The lowest BCUT2D eigenvalue weighted by Crippen LogP contribution is -2.28. The molecule has 19 heavy (non-hydrogen) atoms. The SMILES string of the molecule is CC1(C)CC(=O)c2ccn(Cc3ccncc3)c2C1. The number of carbonyl (C=O) groups is 1. The Labute approximate surface area is 113 Å². The molecule has 0 unspecified atom stereocenters. The van der Waals surface area contributed by atoms with Crippen molar-refractivity contribution in [3.63, 3.8) is 0 Å². The average Bonchev–Trinajstić information content (AvgIpc) is 2.72. The fourth-order valence-electron chi connectivity index (χ4n) is 2.83. The molecule has 2 aromatic rings. The Morgan fingerprint density at radius 3 is 2.68 bits per heavy atom. The predicted octanol–water partition coefficient (Wildman–Crippen LogP) is 3.09. The standard InChI is InChI=1S/C16H18N2O/c1-16(2)9-14-13(15(19)10-16)5-8-18(14)11-12-3-6-17-7-4-12/h3-8H,9-11H2,1-2H3. The van der Waals surface area contributed by atoms with Crippen molar-refractivity contribution in [2.75, 3.05) is 0 Å². The minimum atomic E-state index is 0.0679. The van der Waals surface area contributed by atoms with Gasteiger partial charge in [0.05, 0.1) is 0 Å². The van der Waals surface area contributed by atoms with Crippen LogP contribution in [0.25, 0.3) is 0 Å². The Morgan fingerprint density at radius 1 is 1.21 bits per heavy atom. The second kappa shape index (κ2) is 4.34. The second-order valence-corrected chi connectivity index (χ2v) is 6.10. The van der Waals surface area contributed by atoms with Gasteiger partial charge in [0.2, 0.25) is 0 Å². The quantitative estimate of drug-likeness (QED) is 0.825. The first-order valence-electron chi connectivity index (χ1n) is 6.65. The lowest BCUT2D eigenvalue weighted by Gasteiger charge is -2.29. The summed E-state index contributed by atoms with van der Waals surface area (Å²) in [5.74, 6) is 0.278. The first-order chi connectivity index (χ1) is 9.05. The number of fused-ring (bicyclic) bond motifs is 1. The molecule has 1 aliphatic carbocycles. The highest BCUT2D eigenvalue weighted by Crippen LogP contribution is 2.35. The zero-order valence-corrected chi connectivity index (χ0v) is 11.4. The van der Waals surface area contributed by atoms with Crippen LogP contribution < -0.4 is 0 Å². The highest BCUT2D eigenvalue weighted by atomic mass is 16.1. The number of hydrogen-bond donors (Lipinski definition) is 0. The van der Waals surface area contributed by atoms with E-state index in [1.807, 2.05) is 24.4 Å². The summed E-state index contributed by atoms with van der Waals surface area (Å²) in [6.07, 6.45) is 7.26. The van der Waals surface area contributed by atoms with Crippen molar-refractivity contribution in [2.24, 2.45) is 5.41 Å². The molecule has 98 valence electrons. The van der Waals surface area contributed by atoms with Crippen LogP contribution in [0.5, 0.6) is 0 Å². The van der Waals surface area contributed by atoms with Crippen LogP contribution in [0.4, 0.5) is 0 Å². The largest absolute Gasteiger partial charge is 0.346 e. The number of pyridine rings is 1. The third-order valence-corrected chi connectivity index (χ3v) is 3.77. The van der Waals surface area contributed by atoms with Gasteiger partial charge in [0.15, 0.2) is 5.78 Å². The van der Waals surface area contributed by atoms with Gasteiger partial charge in [-0.2, -0.15) is 0 Å². The molecule has 0 N–H and O–H groups in total. The molecule has 0 aliphatic heterocycles. The number of aromatic nitrogens is 2. The molecule has 0 bridgehead atoms. The molecule has 2 heterocycles. The van der Waals surface area contributed by atoms with Crippen molar-refractivity contribution in [3.8, 4) is 0 Å². The van der Waals surface area contributed by atoms with E-state index in [-0.39, 0.29) is 11.2 Å². The highest BCUT2D eigenvalue weighted by Gasteiger charge is 2.32. The van der Waals surface area contributed by atoms with Crippen LogP contribution >= 0.6 is 0 Å². The zero-order chi connectivity index (χ0) is 13.5. The minimum absolute atomic E-state index is 0.0679. The number of ketones is 1. The van der Waals surface area contributed by atoms with Crippen molar-refractivity contribution >= 4 is 5.78 Å². The van der Waals surface area contributed by atoms with Crippen LogP contribution in [0.3, 0.4) is 0 Å². The molecule has 0 spiro atoms. The second-order valence-electron chi connectivity index (χ2n) is 6.10. The molecule has 0 atom stereocenters. The van der Waals surface area contributed by atoms with Crippen molar-refractivity contribution < 1.29 is 4.79 Å². The van der Waals surface area contributed by atoms with Gasteiger partial charge in [0.1, 0.15) is 0 Å². The third-order valence-electron chi connectivity index (χ3n) is 3.77. The summed E-state index contributed by atoms with van der Waals surface area (Å²) in [7, 11) is 0. The molecular formula is C16H18N2O. The smallest absolute Gasteiger partial charge is 0.165 e. The van der Waals surface area contributed by atoms with E-state index in [2.05, 4.69) is 23.4 Å². The number of hydrogen-bond acceptors (Lipinski definition) is 2. The van der Waals surface area contributed by atoms with Crippen LogP contribution in [-0.4, -0.2) is 15.3 Å². The van der Waals surface area contributed by atoms with E-state index >= 15 is 0 Å². The number of carbonyl (C=O) groups excluding carboxylic acids is 1. The van der Waals surface area contributed by atoms with Gasteiger partial charge in [-0.1, -0.05) is 13.8 Å². The van der Waals surface area contributed by atoms with E-state index in [1.165, 1.54) is 11.3 Å². The Balaban J connectivity index is 1.95. The summed E-state index contributed by atoms with van der Waals surface area (Å²) < 4.78 is 2.20. The molecule has 3 rings (SSSR count). The third kappa shape index (κ3) is 2.33. The fraction of sp³-hybridized carbons (Fsp3) is 0.375. The number of Topliss-reactive ketones (excluding diaryl/α,β-unsaturated/α-hetero) is 1. The summed E-state index contributed by atoms with van der Waals surface area (Å²) in [4.78, 5) is 16.2. The Hall–Kier alpha value is -1.90. The topological polar surface area (TPSA) is 34.9 Å². The Bertz CT molecular complexity index is 611. The van der Waals surface area contributed by atoms with Gasteiger partial charge in [-0.05, 0) is 35.6 Å². The summed E-state index contributed by atoms with van der Waals surface area (Å²) in [5, 5.41) is 0. The predicted molar refractivity (Wildman–Crippen MR) is 74.2 cm³/mol. The van der Waals surface area contributed by atoms with Gasteiger partial charge in [0.25, 0.3) is 0 Å². The maximum absolute atomic E-state index is 12.1. The molecule has 0 saturated carbocycles. The lowest BCUT2D eigenvalue weighted by atomic mass is 9.76. The monoisotopic (exact) mass is 254 g/mol. The highest BCUT2D eigenvalue weighted by molar-refractivity contribution is 5.98. The average molecular weight is 254 g/mol. The van der Waals surface area contributed by atoms with E-state index in [0.29, 0.717) is 6.42 Å². The maximum atomic E-state index is 12.1. The van der Waals surface area contributed by atoms with Crippen molar-refractivity contribution in [3.05, 3.63) is 53.6 Å². The van der Waals surface area contributed by atoms with Crippen LogP contribution in [-0.2, 0) is 13.0 Å². The van der Waals surface area contributed by atoms with Crippen LogP contribution in [0.15, 0.2) is 36.8 Å². The van der Waals surface area contributed by atoms with Gasteiger partial charge >= 0.3 is 0 Å². The lowest BCUT2D eigenvalue weighted by molar-refractivity contribution is 0.0910. The first-order valence-corrected chi connectivity index (χ1v) is 6.65. The Morgan fingerprint density at radius 2 is 1.95 bits per heavy atom. The van der Waals surface area contributed by atoms with E-state index in [9.17, 15) is 4.79 Å². The molecule has 0 saturated heterocycles. The molecule has 1 aliphatic rings. The Kier molecular flexibility index (Phi) is 2.77. The summed E-state index contributed by atoms with van der Waals surface area (Å²) >= 11 is 0. The van der Waals surface area contributed by atoms with E-state index in [0.717, 1.165) is 18.5 Å². The molecule has 0 amide bonds. The van der Waals surface area contributed by atoms with Crippen LogP contribution in [0.2, 0.25) is 0 Å². The van der Waals surface area contributed by atoms with Crippen molar-refractivity contribution in [2.45, 2.75) is 33.2 Å². The number of nitrogens with zero attached hydrogens (tertiary/aromatic N) is 2. The van der Waals surface area contributed by atoms with Crippen LogP contribution in [0, 0.1) is 5.41 Å². The van der Waals surface area contributed by atoms with Crippen LogP contribution in [0.1, 0.15) is 41.9 Å². The fourth-order valence-corrected chi connectivity index (χ4v) is 2.83. The van der Waals surface area contributed by atoms with Crippen molar-refractivity contribution in [1.82, 2.24) is 9.55 Å². The molecule has 3 heteroatoms. The molecule has 0 radical (unpaired) electrons. The summed E-state index contributed by atoms with van der Waals surface area (Å²) in [5.41, 5.74) is 3.37. The molecule has 2 aromatic heterocycles. The zero-order valence-electron chi connectivity index (χ0n) is 11.4. The van der Waals surface area contributed by atoms with E-state index < -0.39 is 0 Å². The normalized spacial score (nSPS) is 17.3. The van der Waals surface area contributed by atoms with Gasteiger partial charge < -0.3 is 4.57 Å². The van der Waals surface area contributed by atoms with Gasteiger partial charge in [-0.3, -0.25) is 9.78 Å². The van der Waals surface area contributed by atoms with Gasteiger partial charge in [0, 0.05) is 42.8 Å². The van der Waals surface area contributed by atoms with Gasteiger partial charge in [-0.15, -0.1) is 0 Å².